The van der Waals surface area contributed by atoms with Crippen molar-refractivity contribution >= 4 is 0 Å². The molecule has 1 N–H and O–H groups in total. The second-order valence-electron chi connectivity index (χ2n) is 6.62. The maximum Gasteiger partial charge on any atom is 0.161 e. The number of aliphatic hydroxyl groups is 1. The van der Waals surface area contributed by atoms with E-state index in [0.29, 0.717) is 6.61 Å². The molecule has 0 amide bonds. The zero-order valence-corrected chi connectivity index (χ0v) is 14.1. The number of methoxy groups -OCH3 is 1. The number of likely N-dealkylation sites (tertiary alicyclic amines) is 1. The van der Waals surface area contributed by atoms with Crippen molar-refractivity contribution in [2.75, 3.05) is 33.4 Å². The molecule has 1 unspecified atom stereocenters. The van der Waals surface area contributed by atoms with Gasteiger partial charge in [0.25, 0.3) is 0 Å². The van der Waals surface area contributed by atoms with Crippen molar-refractivity contribution in [3.63, 3.8) is 0 Å². The Morgan fingerprint density at radius 1 is 1.32 bits per heavy atom. The minimum atomic E-state index is 0.0342. The summed E-state index contributed by atoms with van der Waals surface area (Å²) in [6, 6.07) is 6.17. The summed E-state index contributed by atoms with van der Waals surface area (Å²) in [6.07, 6.45) is 3.23. The van der Waals surface area contributed by atoms with Crippen LogP contribution in [0, 0.1) is 5.41 Å². The molecule has 1 aromatic carbocycles. The summed E-state index contributed by atoms with van der Waals surface area (Å²) in [7, 11) is 1.68. The maximum atomic E-state index is 9.57. The molecule has 0 saturated carbocycles. The summed E-state index contributed by atoms with van der Waals surface area (Å²) < 4.78 is 11.2. The van der Waals surface area contributed by atoms with E-state index in [2.05, 4.69) is 30.9 Å². The lowest BCUT2D eigenvalue weighted by molar-refractivity contribution is 0.0429. The van der Waals surface area contributed by atoms with Gasteiger partial charge in [-0.1, -0.05) is 19.9 Å². The van der Waals surface area contributed by atoms with Crippen LogP contribution in [0.2, 0.25) is 0 Å². The Morgan fingerprint density at radius 2 is 2.14 bits per heavy atom. The monoisotopic (exact) mass is 307 g/mol. The molecule has 4 nitrogen and oxygen atoms in total. The second-order valence-corrected chi connectivity index (χ2v) is 6.62. The lowest BCUT2D eigenvalue weighted by Gasteiger charge is -2.39. The molecule has 0 radical (unpaired) electrons. The summed E-state index contributed by atoms with van der Waals surface area (Å²) in [5, 5.41) is 9.57. The second kappa shape index (κ2) is 7.84. The van der Waals surface area contributed by atoms with Crippen molar-refractivity contribution in [1.82, 2.24) is 4.90 Å². The predicted molar refractivity (Wildman–Crippen MR) is 88.5 cm³/mol. The van der Waals surface area contributed by atoms with Gasteiger partial charge in [0, 0.05) is 25.1 Å². The molecule has 1 heterocycles. The van der Waals surface area contributed by atoms with Gasteiger partial charge in [0.15, 0.2) is 11.5 Å². The van der Waals surface area contributed by atoms with E-state index in [4.69, 9.17) is 9.47 Å². The molecule has 22 heavy (non-hydrogen) atoms. The van der Waals surface area contributed by atoms with Gasteiger partial charge >= 0.3 is 0 Å². The Hall–Kier alpha value is -1.26. The van der Waals surface area contributed by atoms with Gasteiger partial charge in [-0.25, -0.2) is 0 Å². The van der Waals surface area contributed by atoms with Gasteiger partial charge in [-0.05, 0) is 43.5 Å². The van der Waals surface area contributed by atoms with Crippen LogP contribution in [0.3, 0.4) is 0 Å². The van der Waals surface area contributed by atoms with Crippen LogP contribution in [0.5, 0.6) is 11.5 Å². The third kappa shape index (κ3) is 4.37. The Morgan fingerprint density at radius 3 is 2.82 bits per heavy atom. The molecule has 1 fully saturated rings. The highest BCUT2D eigenvalue weighted by molar-refractivity contribution is 5.43. The molecule has 1 aliphatic rings. The van der Waals surface area contributed by atoms with Gasteiger partial charge < -0.3 is 14.6 Å². The van der Waals surface area contributed by atoms with E-state index in [1.807, 2.05) is 6.07 Å². The van der Waals surface area contributed by atoms with Gasteiger partial charge in [0.05, 0.1) is 13.7 Å². The molecular weight excluding hydrogens is 278 g/mol. The molecule has 124 valence electrons. The molecule has 0 aromatic heterocycles. The largest absolute Gasteiger partial charge is 0.493 e. The standard InChI is InChI=1S/C18H29NO3/c1-4-10-22-16-7-6-15(11-17(16)21-3)12-19-9-5-8-18(2,13-19)14-20/h6-7,11,20H,4-5,8-10,12-14H2,1-3H3. The first-order valence-corrected chi connectivity index (χ1v) is 8.23. The maximum absolute atomic E-state index is 9.57. The van der Waals surface area contributed by atoms with Crippen molar-refractivity contribution < 1.29 is 14.6 Å². The smallest absolute Gasteiger partial charge is 0.161 e. The third-order valence-corrected chi connectivity index (χ3v) is 4.34. The normalized spacial score (nSPS) is 22.5. The number of aliphatic hydroxyl groups excluding tert-OH is 1. The van der Waals surface area contributed by atoms with E-state index < -0.39 is 0 Å². The van der Waals surface area contributed by atoms with E-state index in [9.17, 15) is 5.11 Å². The van der Waals surface area contributed by atoms with Crippen molar-refractivity contribution in [1.29, 1.82) is 0 Å². The SMILES string of the molecule is CCCOc1ccc(CN2CCCC(C)(CO)C2)cc1OC. The first kappa shape index (κ1) is 17.1. The molecule has 1 aromatic rings. The molecule has 1 saturated heterocycles. The fraction of sp³-hybridized carbons (Fsp3) is 0.667. The molecule has 1 atom stereocenters. The van der Waals surface area contributed by atoms with Crippen LogP contribution in [0.1, 0.15) is 38.7 Å². The summed E-state index contributed by atoms with van der Waals surface area (Å²) in [5.74, 6) is 1.61. The Bertz CT molecular complexity index is 477. The Labute approximate surface area is 134 Å². The van der Waals surface area contributed by atoms with Crippen LogP contribution in [0.15, 0.2) is 18.2 Å². The molecule has 2 rings (SSSR count). The highest BCUT2D eigenvalue weighted by Gasteiger charge is 2.30. The Kier molecular flexibility index (Phi) is 6.09. The van der Waals surface area contributed by atoms with Crippen molar-refractivity contribution in [2.24, 2.45) is 5.41 Å². The van der Waals surface area contributed by atoms with Crippen molar-refractivity contribution in [3.8, 4) is 11.5 Å². The lowest BCUT2D eigenvalue weighted by atomic mass is 9.82. The summed E-state index contributed by atoms with van der Waals surface area (Å²) in [4.78, 5) is 2.42. The average Bonchev–Trinajstić information content (AvgIpc) is 2.53. The van der Waals surface area contributed by atoms with Crippen LogP contribution < -0.4 is 9.47 Å². The molecule has 0 spiro atoms. The molecule has 1 aliphatic heterocycles. The minimum Gasteiger partial charge on any atom is -0.493 e. The third-order valence-electron chi connectivity index (χ3n) is 4.34. The summed E-state index contributed by atoms with van der Waals surface area (Å²) >= 11 is 0. The quantitative estimate of drug-likeness (QED) is 0.840. The summed E-state index contributed by atoms with van der Waals surface area (Å²) in [6.45, 7) is 8.15. The van der Waals surface area contributed by atoms with Crippen LogP contribution in [-0.4, -0.2) is 43.4 Å². The fourth-order valence-electron chi connectivity index (χ4n) is 3.09. The van der Waals surface area contributed by atoms with E-state index in [1.54, 1.807) is 7.11 Å². The van der Waals surface area contributed by atoms with Gasteiger partial charge in [-0.2, -0.15) is 0 Å². The van der Waals surface area contributed by atoms with Gasteiger partial charge in [-0.3, -0.25) is 4.90 Å². The fourth-order valence-corrected chi connectivity index (χ4v) is 3.09. The number of nitrogens with zero attached hydrogens (tertiary/aromatic N) is 1. The number of ether oxygens (including phenoxy) is 2. The van der Waals surface area contributed by atoms with E-state index in [0.717, 1.165) is 50.4 Å². The number of hydrogen-bond donors (Lipinski definition) is 1. The lowest BCUT2D eigenvalue weighted by Crippen LogP contribution is -2.43. The van der Waals surface area contributed by atoms with Crippen molar-refractivity contribution in [2.45, 2.75) is 39.7 Å². The van der Waals surface area contributed by atoms with Gasteiger partial charge in [-0.15, -0.1) is 0 Å². The highest BCUT2D eigenvalue weighted by Crippen LogP contribution is 2.32. The van der Waals surface area contributed by atoms with Crippen LogP contribution >= 0.6 is 0 Å². The Balaban J connectivity index is 2.03. The predicted octanol–water partition coefficient (Wildman–Crippen LogP) is 3.08. The first-order chi connectivity index (χ1) is 10.6. The van der Waals surface area contributed by atoms with Crippen LogP contribution in [0.25, 0.3) is 0 Å². The number of rotatable bonds is 7. The number of piperidine rings is 1. The summed E-state index contributed by atoms with van der Waals surface area (Å²) in [5.41, 5.74) is 1.26. The minimum absolute atomic E-state index is 0.0342. The molecule has 0 aliphatic carbocycles. The molecule has 0 bridgehead atoms. The highest BCUT2D eigenvalue weighted by atomic mass is 16.5. The van der Waals surface area contributed by atoms with Gasteiger partial charge in [0.1, 0.15) is 0 Å². The van der Waals surface area contributed by atoms with Crippen molar-refractivity contribution in [3.05, 3.63) is 23.8 Å². The molecule has 4 heteroatoms. The van der Waals surface area contributed by atoms with E-state index in [-0.39, 0.29) is 12.0 Å². The van der Waals surface area contributed by atoms with Crippen LogP contribution in [0.4, 0.5) is 0 Å². The van der Waals surface area contributed by atoms with E-state index in [1.165, 1.54) is 5.56 Å². The average molecular weight is 307 g/mol. The first-order valence-electron chi connectivity index (χ1n) is 8.23. The van der Waals surface area contributed by atoms with Crippen LogP contribution in [-0.2, 0) is 6.54 Å². The zero-order chi connectivity index (χ0) is 16.0. The topological polar surface area (TPSA) is 41.9 Å². The van der Waals surface area contributed by atoms with E-state index >= 15 is 0 Å². The zero-order valence-electron chi connectivity index (χ0n) is 14.1. The number of hydrogen-bond acceptors (Lipinski definition) is 4. The number of benzene rings is 1. The van der Waals surface area contributed by atoms with Gasteiger partial charge in [0.2, 0.25) is 0 Å². The molecular formula is C18H29NO3.